The summed E-state index contributed by atoms with van der Waals surface area (Å²) in [5.74, 6) is 1.81. The fraction of sp³-hybridized carbons (Fsp3) is 0.318. The molecule has 1 saturated carbocycles. The summed E-state index contributed by atoms with van der Waals surface area (Å²) in [6.45, 7) is 4.80. The van der Waals surface area contributed by atoms with Crippen LogP contribution in [0.25, 0.3) is 0 Å². The Morgan fingerprint density at radius 2 is 1.33 bits per heavy atom. The Bertz CT molecular complexity index is 630. The number of nitrogens with two attached hydrogens (primary N) is 1. The normalized spacial score (nSPS) is 21.9. The van der Waals surface area contributed by atoms with E-state index in [0.717, 1.165) is 29.4 Å². The van der Waals surface area contributed by atoms with Gasteiger partial charge in [-0.1, -0.05) is 74.5 Å². The minimum absolute atomic E-state index is 0.611. The smallest absolute Gasteiger partial charge is 0.150 e. The fourth-order valence-electron chi connectivity index (χ4n) is 3.32. The monoisotopic (exact) mass is 321 g/mol. The SMILES string of the molecule is CC1(C)C2C=CC1CC2.Nc1ccccc1.O=Cc1ccccc1. The van der Waals surface area contributed by atoms with E-state index >= 15 is 0 Å². The Morgan fingerprint density at radius 1 is 0.875 bits per heavy atom. The molecule has 0 aliphatic heterocycles. The summed E-state index contributed by atoms with van der Waals surface area (Å²) in [7, 11) is 0. The molecule has 0 amide bonds. The summed E-state index contributed by atoms with van der Waals surface area (Å²) in [4.78, 5) is 10.0. The number of carbonyl (C=O) groups is 1. The molecule has 2 heteroatoms. The molecule has 1 fully saturated rings. The Kier molecular flexibility index (Phi) is 6.36. The van der Waals surface area contributed by atoms with Crippen molar-refractivity contribution < 1.29 is 4.79 Å². The maximum absolute atomic E-state index is 10.0. The maximum Gasteiger partial charge on any atom is 0.150 e. The highest BCUT2D eigenvalue weighted by Gasteiger charge is 2.43. The third kappa shape index (κ3) is 4.82. The molecule has 126 valence electrons. The van der Waals surface area contributed by atoms with Crippen molar-refractivity contribution in [2.24, 2.45) is 17.3 Å². The largest absolute Gasteiger partial charge is 0.399 e. The summed E-state index contributed by atoms with van der Waals surface area (Å²) in [6.07, 6.45) is 8.53. The van der Waals surface area contributed by atoms with E-state index in [1.807, 2.05) is 48.5 Å². The number of carbonyl (C=O) groups excluding carboxylic acids is 1. The summed E-state index contributed by atoms with van der Waals surface area (Å²) in [5.41, 5.74) is 7.52. The van der Waals surface area contributed by atoms with E-state index in [1.54, 1.807) is 12.1 Å². The maximum atomic E-state index is 10.0. The van der Waals surface area contributed by atoms with Crippen molar-refractivity contribution in [2.45, 2.75) is 26.7 Å². The Hall–Kier alpha value is -2.35. The average molecular weight is 321 g/mol. The molecule has 0 radical (unpaired) electrons. The minimum atomic E-state index is 0.611. The molecule has 2 unspecified atom stereocenters. The van der Waals surface area contributed by atoms with Crippen molar-refractivity contribution in [1.82, 2.24) is 0 Å². The Morgan fingerprint density at radius 3 is 1.54 bits per heavy atom. The molecule has 2 N–H and O–H groups in total. The van der Waals surface area contributed by atoms with Gasteiger partial charge in [-0.25, -0.2) is 0 Å². The van der Waals surface area contributed by atoms with Gasteiger partial charge in [0.2, 0.25) is 0 Å². The van der Waals surface area contributed by atoms with E-state index in [4.69, 9.17) is 5.73 Å². The molecule has 2 atom stereocenters. The van der Waals surface area contributed by atoms with Crippen LogP contribution in [0.5, 0.6) is 0 Å². The van der Waals surface area contributed by atoms with Gasteiger partial charge in [0, 0.05) is 11.3 Å². The molecule has 2 aliphatic carbocycles. The van der Waals surface area contributed by atoms with E-state index in [-0.39, 0.29) is 0 Å². The van der Waals surface area contributed by atoms with Crippen molar-refractivity contribution in [1.29, 1.82) is 0 Å². The lowest BCUT2D eigenvalue weighted by molar-refractivity contribution is 0.112. The van der Waals surface area contributed by atoms with Crippen molar-refractivity contribution in [2.75, 3.05) is 5.73 Å². The van der Waals surface area contributed by atoms with Crippen LogP contribution >= 0.6 is 0 Å². The van der Waals surface area contributed by atoms with E-state index < -0.39 is 0 Å². The standard InChI is InChI=1S/C9H14.C7H6O.C6H7N/c1-9(2)7-3-4-8(9)6-5-7;8-6-7-4-2-1-3-5-7;7-6-4-2-1-3-5-6/h3-4,7-8H,5-6H2,1-2H3;1-6H;1-5H,7H2. The number of hydrogen-bond donors (Lipinski definition) is 1. The molecule has 4 rings (SSSR count). The molecular weight excluding hydrogens is 294 g/mol. The van der Waals surface area contributed by atoms with Crippen LogP contribution in [-0.2, 0) is 0 Å². The molecular formula is C22H27NO. The molecule has 2 aromatic rings. The molecule has 0 aromatic heterocycles. The second-order valence-corrected chi connectivity index (χ2v) is 6.94. The minimum Gasteiger partial charge on any atom is -0.399 e. The molecule has 2 bridgehead atoms. The van der Waals surface area contributed by atoms with Crippen molar-refractivity contribution in [3.63, 3.8) is 0 Å². The zero-order valence-corrected chi connectivity index (χ0v) is 14.6. The van der Waals surface area contributed by atoms with Crippen LogP contribution < -0.4 is 5.73 Å². The second-order valence-electron chi connectivity index (χ2n) is 6.94. The fourth-order valence-corrected chi connectivity index (χ4v) is 3.32. The zero-order valence-electron chi connectivity index (χ0n) is 14.6. The highest BCUT2D eigenvalue weighted by molar-refractivity contribution is 5.74. The highest BCUT2D eigenvalue weighted by atomic mass is 16.1. The predicted molar refractivity (Wildman–Crippen MR) is 102 cm³/mol. The quantitative estimate of drug-likeness (QED) is 0.435. The lowest BCUT2D eigenvalue weighted by atomic mass is 9.81. The summed E-state index contributed by atoms with van der Waals surface area (Å²) in [6, 6.07) is 18.6. The van der Waals surface area contributed by atoms with Gasteiger partial charge in [-0.2, -0.15) is 0 Å². The molecule has 2 aromatic carbocycles. The zero-order chi connectivity index (χ0) is 17.4. The number of allylic oxidation sites excluding steroid dienone is 2. The number of anilines is 1. The number of aldehydes is 1. The first-order chi connectivity index (χ1) is 11.5. The number of nitrogen functional groups attached to an aromatic ring is 1. The Balaban J connectivity index is 0.000000132. The number of rotatable bonds is 1. The first kappa shape index (κ1) is 18.0. The second kappa shape index (κ2) is 8.49. The van der Waals surface area contributed by atoms with Gasteiger partial charge < -0.3 is 5.73 Å². The molecule has 0 spiro atoms. The van der Waals surface area contributed by atoms with Crippen LogP contribution in [0.4, 0.5) is 5.69 Å². The predicted octanol–water partition coefficient (Wildman–Crippen LogP) is 5.38. The Labute approximate surface area is 145 Å². The van der Waals surface area contributed by atoms with Gasteiger partial charge >= 0.3 is 0 Å². The number of hydrogen-bond acceptors (Lipinski definition) is 2. The lowest BCUT2D eigenvalue weighted by Crippen LogP contribution is -2.17. The molecule has 0 saturated heterocycles. The molecule has 0 heterocycles. The van der Waals surface area contributed by atoms with Crippen LogP contribution in [-0.4, -0.2) is 6.29 Å². The van der Waals surface area contributed by atoms with Gasteiger partial charge in [0.05, 0.1) is 0 Å². The van der Waals surface area contributed by atoms with Gasteiger partial charge in [0.25, 0.3) is 0 Å². The third-order valence-corrected chi connectivity index (χ3v) is 5.01. The molecule has 2 nitrogen and oxygen atoms in total. The first-order valence-corrected chi connectivity index (χ1v) is 8.53. The van der Waals surface area contributed by atoms with Gasteiger partial charge in [0.15, 0.2) is 0 Å². The molecule has 2 aliphatic rings. The molecule has 24 heavy (non-hydrogen) atoms. The summed E-state index contributed by atoms with van der Waals surface area (Å²) in [5, 5.41) is 0. The topological polar surface area (TPSA) is 43.1 Å². The van der Waals surface area contributed by atoms with Crippen LogP contribution in [0, 0.1) is 17.3 Å². The van der Waals surface area contributed by atoms with Crippen LogP contribution in [0.2, 0.25) is 0 Å². The van der Waals surface area contributed by atoms with E-state index in [9.17, 15) is 4.79 Å². The van der Waals surface area contributed by atoms with E-state index in [0.29, 0.717) is 5.41 Å². The highest BCUT2D eigenvalue weighted by Crippen LogP contribution is 2.53. The van der Waals surface area contributed by atoms with Gasteiger partial charge in [-0.3, -0.25) is 4.79 Å². The number of para-hydroxylation sites is 1. The summed E-state index contributed by atoms with van der Waals surface area (Å²) >= 11 is 0. The van der Waals surface area contributed by atoms with Gasteiger partial charge in [-0.15, -0.1) is 0 Å². The van der Waals surface area contributed by atoms with Gasteiger partial charge in [0.1, 0.15) is 6.29 Å². The number of fused-ring (bicyclic) bond motifs is 2. The summed E-state index contributed by atoms with van der Waals surface area (Å²) < 4.78 is 0. The first-order valence-electron chi connectivity index (χ1n) is 8.53. The van der Waals surface area contributed by atoms with E-state index in [1.165, 1.54) is 12.8 Å². The van der Waals surface area contributed by atoms with Crippen molar-refractivity contribution >= 4 is 12.0 Å². The van der Waals surface area contributed by atoms with Gasteiger partial charge in [-0.05, 0) is 42.2 Å². The lowest BCUT2D eigenvalue weighted by Gasteiger charge is -2.23. The third-order valence-electron chi connectivity index (χ3n) is 5.01. The van der Waals surface area contributed by atoms with Crippen LogP contribution in [0.1, 0.15) is 37.0 Å². The van der Waals surface area contributed by atoms with Crippen molar-refractivity contribution in [3.8, 4) is 0 Å². The number of benzene rings is 2. The van der Waals surface area contributed by atoms with Crippen LogP contribution in [0.15, 0.2) is 72.8 Å². The van der Waals surface area contributed by atoms with Crippen molar-refractivity contribution in [3.05, 3.63) is 78.4 Å². The van der Waals surface area contributed by atoms with E-state index in [2.05, 4.69) is 26.0 Å². The van der Waals surface area contributed by atoms with Crippen LogP contribution in [0.3, 0.4) is 0 Å². The average Bonchev–Trinajstić information content (AvgIpc) is 3.07.